The molecule has 1 aromatic heterocycles. The normalized spacial score (nSPS) is 13.1. The van der Waals surface area contributed by atoms with Crippen LogP contribution in [0.1, 0.15) is 18.2 Å². The molecule has 1 atom stereocenters. The Kier molecular flexibility index (Phi) is 5.58. The van der Waals surface area contributed by atoms with Crippen LogP contribution in [0.2, 0.25) is 0 Å². The van der Waals surface area contributed by atoms with Gasteiger partial charge in [-0.2, -0.15) is 5.10 Å². The molecule has 0 amide bonds. The zero-order valence-electron chi connectivity index (χ0n) is 12.0. The molecule has 0 fully saturated rings. The van der Waals surface area contributed by atoms with Gasteiger partial charge in [0.05, 0.1) is 24.4 Å². The molecule has 1 N–H and O–H groups in total. The molecule has 1 rings (SSSR count). The van der Waals surface area contributed by atoms with Crippen LogP contribution in [0, 0.1) is 6.92 Å². The molecule has 1 heterocycles. The Morgan fingerprint density at radius 2 is 1.89 bits per heavy atom. The van der Waals surface area contributed by atoms with Gasteiger partial charge in [-0.3, -0.25) is 0 Å². The standard InChI is InChI=1S/C12H23N3O3/c1-8-10(11(16-4)15(3)14-8)7-13-9(2)12(17-5)18-6/h9,12-13H,7H2,1-6H3. The van der Waals surface area contributed by atoms with E-state index in [4.69, 9.17) is 14.2 Å². The van der Waals surface area contributed by atoms with Crippen LogP contribution < -0.4 is 10.1 Å². The lowest BCUT2D eigenvalue weighted by molar-refractivity contribution is -0.119. The number of methoxy groups -OCH3 is 3. The lowest BCUT2D eigenvalue weighted by Gasteiger charge is -2.22. The first-order chi connectivity index (χ1) is 8.54. The van der Waals surface area contributed by atoms with Crippen LogP contribution in [0.25, 0.3) is 0 Å². The third kappa shape index (κ3) is 3.22. The van der Waals surface area contributed by atoms with Gasteiger partial charge in [-0.15, -0.1) is 0 Å². The molecule has 0 saturated heterocycles. The molecule has 1 unspecified atom stereocenters. The molecule has 0 spiro atoms. The Labute approximate surface area is 108 Å². The Hall–Kier alpha value is -1.11. The summed E-state index contributed by atoms with van der Waals surface area (Å²) in [4.78, 5) is 0. The van der Waals surface area contributed by atoms with E-state index in [2.05, 4.69) is 10.4 Å². The van der Waals surface area contributed by atoms with Crippen molar-refractivity contribution in [3.63, 3.8) is 0 Å². The summed E-state index contributed by atoms with van der Waals surface area (Å²) in [5, 5.41) is 7.68. The summed E-state index contributed by atoms with van der Waals surface area (Å²) in [5.74, 6) is 0.776. The molecule has 1 aromatic rings. The maximum absolute atomic E-state index is 5.34. The number of hydrogen-bond acceptors (Lipinski definition) is 5. The minimum atomic E-state index is -0.270. The van der Waals surface area contributed by atoms with E-state index in [0.29, 0.717) is 6.54 Å². The zero-order valence-corrected chi connectivity index (χ0v) is 12.0. The van der Waals surface area contributed by atoms with E-state index in [1.165, 1.54) is 0 Å². The summed E-state index contributed by atoms with van der Waals surface area (Å²) in [6.07, 6.45) is -0.270. The molecule has 0 aliphatic carbocycles. The van der Waals surface area contributed by atoms with Crippen molar-refractivity contribution in [3.05, 3.63) is 11.3 Å². The number of nitrogens with zero attached hydrogens (tertiary/aromatic N) is 2. The average Bonchev–Trinajstić information content (AvgIpc) is 2.62. The predicted molar refractivity (Wildman–Crippen MR) is 68.6 cm³/mol. The van der Waals surface area contributed by atoms with Crippen molar-refractivity contribution in [1.29, 1.82) is 0 Å². The summed E-state index contributed by atoms with van der Waals surface area (Å²) in [7, 11) is 6.77. The molecule has 6 heteroatoms. The van der Waals surface area contributed by atoms with Crippen molar-refractivity contribution in [1.82, 2.24) is 15.1 Å². The monoisotopic (exact) mass is 257 g/mol. The molecule has 0 bridgehead atoms. The lowest BCUT2D eigenvalue weighted by Crippen LogP contribution is -2.39. The second-order valence-corrected chi connectivity index (χ2v) is 4.21. The highest BCUT2D eigenvalue weighted by atomic mass is 16.7. The molecule has 104 valence electrons. The van der Waals surface area contributed by atoms with Crippen LogP contribution in [-0.4, -0.2) is 43.4 Å². The molecular formula is C12H23N3O3. The first-order valence-electron chi connectivity index (χ1n) is 5.90. The highest BCUT2D eigenvalue weighted by Gasteiger charge is 2.18. The fraction of sp³-hybridized carbons (Fsp3) is 0.750. The average molecular weight is 257 g/mol. The van der Waals surface area contributed by atoms with Crippen LogP contribution in [0.15, 0.2) is 0 Å². The smallest absolute Gasteiger partial charge is 0.216 e. The van der Waals surface area contributed by atoms with Gasteiger partial charge < -0.3 is 19.5 Å². The van der Waals surface area contributed by atoms with Gasteiger partial charge >= 0.3 is 0 Å². The topological polar surface area (TPSA) is 57.5 Å². The highest BCUT2D eigenvalue weighted by Crippen LogP contribution is 2.20. The van der Waals surface area contributed by atoms with Gasteiger partial charge in [-0.25, -0.2) is 4.68 Å². The zero-order chi connectivity index (χ0) is 13.7. The summed E-state index contributed by atoms with van der Waals surface area (Å²) in [5.41, 5.74) is 2.01. The Balaban J connectivity index is 2.68. The molecule has 0 aliphatic heterocycles. The first kappa shape index (κ1) is 14.9. The number of nitrogens with one attached hydrogen (secondary N) is 1. The van der Waals surface area contributed by atoms with Gasteiger partial charge in [-0.05, 0) is 13.8 Å². The van der Waals surface area contributed by atoms with Gasteiger partial charge in [0.1, 0.15) is 0 Å². The predicted octanol–water partition coefficient (Wildman–Crippen LogP) is 0.834. The maximum atomic E-state index is 5.34. The summed E-state index contributed by atoms with van der Waals surface area (Å²) < 4.78 is 17.5. The minimum absolute atomic E-state index is 0.0734. The van der Waals surface area contributed by atoms with Crippen LogP contribution in [0.3, 0.4) is 0 Å². The summed E-state index contributed by atoms with van der Waals surface area (Å²) >= 11 is 0. The SMILES string of the molecule is COc1c(CNC(C)C(OC)OC)c(C)nn1C. The molecule has 0 aliphatic rings. The van der Waals surface area contributed by atoms with E-state index in [1.807, 2.05) is 20.9 Å². The third-order valence-electron chi connectivity index (χ3n) is 2.96. The summed E-state index contributed by atoms with van der Waals surface area (Å²) in [6, 6.07) is 0.0734. The molecule has 0 saturated carbocycles. The second kappa shape index (κ2) is 6.72. The van der Waals surface area contributed by atoms with E-state index in [1.54, 1.807) is 26.0 Å². The van der Waals surface area contributed by atoms with Crippen molar-refractivity contribution < 1.29 is 14.2 Å². The number of rotatable bonds is 7. The third-order valence-corrected chi connectivity index (χ3v) is 2.96. The summed E-state index contributed by atoms with van der Waals surface area (Å²) in [6.45, 7) is 4.64. The fourth-order valence-electron chi connectivity index (χ4n) is 2.00. The van der Waals surface area contributed by atoms with E-state index < -0.39 is 0 Å². The number of aryl methyl sites for hydroxylation is 2. The highest BCUT2D eigenvalue weighted by molar-refractivity contribution is 5.30. The van der Waals surface area contributed by atoms with Crippen molar-refractivity contribution in [2.45, 2.75) is 32.7 Å². The van der Waals surface area contributed by atoms with Gasteiger partial charge in [0.2, 0.25) is 5.88 Å². The van der Waals surface area contributed by atoms with E-state index >= 15 is 0 Å². The Morgan fingerprint density at radius 3 is 2.39 bits per heavy atom. The molecule has 0 radical (unpaired) electrons. The van der Waals surface area contributed by atoms with Crippen molar-refractivity contribution in [3.8, 4) is 5.88 Å². The second-order valence-electron chi connectivity index (χ2n) is 4.21. The van der Waals surface area contributed by atoms with E-state index in [9.17, 15) is 0 Å². The van der Waals surface area contributed by atoms with Crippen LogP contribution in [-0.2, 0) is 23.1 Å². The quantitative estimate of drug-likeness (QED) is 0.733. The fourth-order valence-corrected chi connectivity index (χ4v) is 2.00. The van der Waals surface area contributed by atoms with Crippen molar-refractivity contribution in [2.24, 2.45) is 7.05 Å². The minimum Gasteiger partial charge on any atom is -0.481 e. The van der Waals surface area contributed by atoms with Crippen LogP contribution >= 0.6 is 0 Å². The Bertz CT molecular complexity index is 375. The van der Waals surface area contributed by atoms with E-state index in [0.717, 1.165) is 17.1 Å². The maximum Gasteiger partial charge on any atom is 0.216 e. The largest absolute Gasteiger partial charge is 0.481 e. The Morgan fingerprint density at radius 1 is 1.28 bits per heavy atom. The van der Waals surface area contributed by atoms with Gasteiger partial charge in [0.25, 0.3) is 0 Å². The van der Waals surface area contributed by atoms with Crippen molar-refractivity contribution in [2.75, 3.05) is 21.3 Å². The number of aromatic nitrogens is 2. The number of hydrogen-bond donors (Lipinski definition) is 1. The first-order valence-corrected chi connectivity index (χ1v) is 5.90. The molecule has 6 nitrogen and oxygen atoms in total. The van der Waals surface area contributed by atoms with Gasteiger partial charge in [0.15, 0.2) is 6.29 Å². The van der Waals surface area contributed by atoms with Gasteiger partial charge in [0, 0.05) is 27.8 Å². The molecular weight excluding hydrogens is 234 g/mol. The lowest BCUT2D eigenvalue weighted by atomic mass is 10.2. The van der Waals surface area contributed by atoms with E-state index in [-0.39, 0.29) is 12.3 Å². The molecule has 18 heavy (non-hydrogen) atoms. The number of ether oxygens (including phenoxy) is 3. The van der Waals surface area contributed by atoms with Crippen LogP contribution in [0.4, 0.5) is 0 Å². The van der Waals surface area contributed by atoms with Crippen LogP contribution in [0.5, 0.6) is 5.88 Å². The van der Waals surface area contributed by atoms with Crippen molar-refractivity contribution >= 4 is 0 Å². The van der Waals surface area contributed by atoms with Gasteiger partial charge in [-0.1, -0.05) is 0 Å². The molecule has 0 aromatic carbocycles.